The number of halogens is 2. The Morgan fingerprint density at radius 3 is 2.89 bits per heavy atom. The van der Waals surface area contributed by atoms with Gasteiger partial charge in [0.2, 0.25) is 11.6 Å². The van der Waals surface area contributed by atoms with Gasteiger partial charge >= 0.3 is 5.69 Å². The van der Waals surface area contributed by atoms with E-state index in [2.05, 4.69) is 20.3 Å². The maximum atomic E-state index is 13.4. The lowest BCUT2D eigenvalue weighted by atomic mass is 10.3. The summed E-state index contributed by atoms with van der Waals surface area (Å²) in [6.07, 6.45) is 3.06. The molecule has 146 valence electrons. The molecule has 0 radical (unpaired) electrons. The lowest BCUT2D eigenvalue weighted by molar-refractivity contribution is -0.117. The number of aromatic nitrogens is 4. The molecule has 2 aromatic heterocycles. The van der Waals surface area contributed by atoms with E-state index >= 15 is 0 Å². The van der Waals surface area contributed by atoms with Crippen LogP contribution >= 0.6 is 23.4 Å². The molecule has 1 amide bonds. The van der Waals surface area contributed by atoms with Gasteiger partial charge in [0, 0.05) is 37.0 Å². The van der Waals surface area contributed by atoms with E-state index in [9.17, 15) is 14.0 Å². The highest BCUT2D eigenvalue weighted by Gasteiger charge is 2.20. The van der Waals surface area contributed by atoms with Gasteiger partial charge in [0.15, 0.2) is 5.82 Å². The molecule has 1 fully saturated rings. The molecule has 1 aliphatic heterocycles. The van der Waals surface area contributed by atoms with Crippen LogP contribution in [0.4, 0.5) is 15.9 Å². The second kappa shape index (κ2) is 7.80. The lowest BCUT2D eigenvalue weighted by Gasteiger charge is -2.27. The minimum Gasteiger partial charge on any atom is -0.352 e. The minimum absolute atomic E-state index is 0.136. The summed E-state index contributed by atoms with van der Waals surface area (Å²) in [5.74, 6) is 1.50. The number of carbonyl (C=O) groups excluding carboxylic acids is 1. The van der Waals surface area contributed by atoms with Crippen molar-refractivity contribution in [3.63, 3.8) is 0 Å². The van der Waals surface area contributed by atoms with Crippen LogP contribution < -0.4 is 15.9 Å². The van der Waals surface area contributed by atoms with E-state index < -0.39 is 17.4 Å². The Balaban J connectivity index is 1.60. The Labute approximate surface area is 168 Å². The standard InChI is InChI=1S/C17H16ClFN6O2S/c18-12-2-1-11(19)9-13(12)21-14(26)10-25-17(27)24-4-3-20-15(16(24)22-25)23-5-7-28-8-6-23/h1-4,9H,5-8,10H2,(H,21,26). The molecule has 0 atom stereocenters. The Morgan fingerprint density at radius 2 is 2.11 bits per heavy atom. The molecule has 1 N–H and O–H groups in total. The number of hydrogen-bond acceptors (Lipinski definition) is 6. The van der Waals surface area contributed by atoms with Crippen LogP contribution in [0.2, 0.25) is 5.02 Å². The molecule has 1 aromatic carbocycles. The van der Waals surface area contributed by atoms with E-state index in [1.165, 1.54) is 22.7 Å². The van der Waals surface area contributed by atoms with Crippen molar-refractivity contribution in [1.29, 1.82) is 0 Å². The first kappa shape index (κ1) is 18.8. The summed E-state index contributed by atoms with van der Waals surface area (Å²) >= 11 is 7.82. The van der Waals surface area contributed by atoms with Gasteiger partial charge in [-0.3, -0.25) is 4.79 Å². The summed E-state index contributed by atoms with van der Waals surface area (Å²) in [7, 11) is 0. The lowest BCUT2D eigenvalue weighted by Crippen LogP contribution is -2.33. The SMILES string of the molecule is O=C(Cn1nc2c(N3CCSCC3)nccn2c1=O)Nc1cc(F)ccc1Cl. The third-order valence-electron chi connectivity index (χ3n) is 4.29. The molecule has 8 nitrogen and oxygen atoms in total. The molecule has 0 saturated carbocycles. The van der Waals surface area contributed by atoms with Gasteiger partial charge in [-0.2, -0.15) is 11.8 Å². The molecule has 3 aromatic rings. The summed E-state index contributed by atoms with van der Waals surface area (Å²) in [5, 5.41) is 7.00. The second-order valence-electron chi connectivity index (χ2n) is 6.16. The van der Waals surface area contributed by atoms with Gasteiger partial charge in [0.25, 0.3) is 0 Å². The molecule has 4 rings (SSSR count). The first-order valence-corrected chi connectivity index (χ1v) is 10.1. The maximum absolute atomic E-state index is 13.4. The fourth-order valence-electron chi connectivity index (χ4n) is 2.96. The highest BCUT2D eigenvalue weighted by Crippen LogP contribution is 2.22. The van der Waals surface area contributed by atoms with E-state index in [-0.39, 0.29) is 17.3 Å². The average molecular weight is 423 g/mol. The molecule has 3 heterocycles. The molecular weight excluding hydrogens is 407 g/mol. The van der Waals surface area contributed by atoms with E-state index in [1.54, 1.807) is 6.20 Å². The zero-order valence-corrected chi connectivity index (χ0v) is 16.2. The Hall–Kier alpha value is -2.59. The van der Waals surface area contributed by atoms with Crippen LogP contribution in [0.15, 0.2) is 35.4 Å². The molecule has 0 bridgehead atoms. The number of fused-ring (bicyclic) bond motifs is 1. The van der Waals surface area contributed by atoms with Crippen molar-refractivity contribution in [2.45, 2.75) is 6.54 Å². The number of hydrogen-bond donors (Lipinski definition) is 1. The average Bonchev–Trinajstić information content (AvgIpc) is 3.01. The summed E-state index contributed by atoms with van der Waals surface area (Å²) < 4.78 is 15.8. The van der Waals surface area contributed by atoms with Crippen molar-refractivity contribution >= 4 is 46.4 Å². The number of benzene rings is 1. The third kappa shape index (κ3) is 3.69. The summed E-state index contributed by atoms with van der Waals surface area (Å²) in [5.41, 5.74) is 0.0816. The van der Waals surface area contributed by atoms with Crippen LogP contribution in [0.5, 0.6) is 0 Å². The molecule has 1 saturated heterocycles. The molecule has 0 aliphatic carbocycles. The molecule has 0 unspecified atom stereocenters. The van der Waals surface area contributed by atoms with Gasteiger partial charge in [-0.1, -0.05) is 11.6 Å². The van der Waals surface area contributed by atoms with E-state index in [4.69, 9.17) is 11.6 Å². The fraction of sp³-hybridized carbons (Fsp3) is 0.294. The van der Waals surface area contributed by atoms with Crippen LogP contribution in [0.25, 0.3) is 5.65 Å². The normalized spacial score (nSPS) is 14.4. The molecule has 28 heavy (non-hydrogen) atoms. The van der Waals surface area contributed by atoms with Gasteiger partial charge < -0.3 is 10.2 Å². The summed E-state index contributed by atoms with van der Waals surface area (Å²) in [6.45, 7) is 1.30. The van der Waals surface area contributed by atoms with E-state index in [0.717, 1.165) is 35.3 Å². The predicted octanol–water partition coefficient (Wildman–Crippen LogP) is 1.88. The van der Waals surface area contributed by atoms with Gasteiger partial charge in [-0.25, -0.2) is 23.3 Å². The van der Waals surface area contributed by atoms with E-state index in [1.807, 2.05) is 11.8 Å². The molecule has 0 spiro atoms. The highest BCUT2D eigenvalue weighted by atomic mass is 35.5. The predicted molar refractivity (Wildman–Crippen MR) is 107 cm³/mol. The first-order chi connectivity index (χ1) is 13.5. The Morgan fingerprint density at radius 1 is 1.32 bits per heavy atom. The maximum Gasteiger partial charge on any atom is 0.350 e. The quantitative estimate of drug-likeness (QED) is 0.691. The molecular formula is C17H16ClFN6O2S. The fourth-order valence-corrected chi connectivity index (χ4v) is 4.02. The smallest absolute Gasteiger partial charge is 0.350 e. The largest absolute Gasteiger partial charge is 0.352 e. The number of amides is 1. The third-order valence-corrected chi connectivity index (χ3v) is 5.56. The van der Waals surface area contributed by atoms with Crippen molar-refractivity contribution in [2.75, 3.05) is 34.8 Å². The second-order valence-corrected chi connectivity index (χ2v) is 7.79. The number of carbonyl (C=O) groups is 1. The van der Waals surface area contributed by atoms with Crippen LogP contribution in [0.1, 0.15) is 0 Å². The van der Waals surface area contributed by atoms with Gasteiger partial charge in [0.05, 0.1) is 10.7 Å². The Bertz CT molecular complexity index is 1090. The monoisotopic (exact) mass is 422 g/mol. The van der Waals surface area contributed by atoms with Gasteiger partial charge in [0.1, 0.15) is 12.4 Å². The van der Waals surface area contributed by atoms with Crippen molar-refractivity contribution in [3.8, 4) is 0 Å². The summed E-state index contributed by atoms with van der Waals surface area (Å²) in [6, 6.07) is 3.65. The topological polar surface area (TPSA) is 84.5 Å². The van der Waals surface area contributed by atoms with Crippen molar-refractivity contribution in [1.82, 2.24) is 19.2 Å². The number of nitrogens with one attached hydrogen (secondary N) is 1. The summed E-state index contributed by atoms with van der Waals surface area (Å²) in [4.78, 5) is 31.4. The van der Waals surface area contributed by atoms with Crippen LogP contribution in [-0.4, -0.2) is 49.7 Å². The zero-order valence-electron chi connectivity index (χ0n) is 14.6. The first-order valence-electron chi connectivity index (χ1n) is 8.55. The molecule has 11 heteroatoms. The van der Waals surface area contributed by atoms with Crippen molar-refractivity contribution in [3.05, 3.63) is 51.9 Å². The number of rotatable bonds is 4. The minimum atomic E-state index is -0.540. The van der Waals surface area contributed by atoms with Crippen molar-refractivity contribution < 1.29 is 9.18 Å². The van der Waals surface area contributed by atoms with E-state index in [0.29, 0.717) is 11.5 Å². The van der Waals surface area contributed by atoms with Crippen LogP contribution in [0, 0.1) is 5.82 Å². The number of nitrogens with zero attached hydrogens (tertiary/aromatic N) is 5. The number of anilines is 2. The van der Waals surface area contributed by atoms with Gasteiger partial charge in [-0.05, 0) is 18.2 Å². The Kier molecular flexibility index (Phi) is 5.23. The van der Waals surface area contributed by atoms with Crippen LogP contribution in [0.3, 0.4) is 0 Å². The zero-order chi connectivity index (χ0) is 19.7. The van der Waals surface area contributed by atoms with Crippen LogP contribution in [-0.2, 0) is 11.3 Å². The highest BCUT2D eigenvalue weighted by molar-refractivity contribution is 7.99. The molecule has 1 aliphatic rings. The van der Waals surface area contributed by atoms with Crippen molar-refractivity contribution in [2.24, 2.45) is 0 Å². The number of thioether (sulfide) groups is 1. The van der Waals surface area contributed by atoms with Gasteiger partial charge in [-0.15, -0.1) is 5.10 Å².